The molecule has 2 aromatic heterocycles. The zero-order chi connectivity index (χ0) is 19.3. The van der Waals surface area contributed by atoms with Gasteiger partial charge in [0.15, 0.2) is 12.2 Å². The summed E-state index contributed by atoms with van der Waals surface area (Å²) in [5, 5.41) is 5.81. The number of hydrogen-bond donors (Lipinski definition) is 2. The maximum atomic E-state index is 13.4. The lowest BCUT2D eigenvalue weighted by Gasteiger charge is -2.11. The Hall–Kier alpha value is -4.00. The summed E-state index contributed by atoms with van der Waals surface area (Å²) in [6, 6.07) is 16.5. The predicted octanol–water partition coefficient (Wildman–Crippen LogP) is 4.87. The predicted molar refractivity (Wildman–Crippen MR) is 104 cm³/mol. The first-order valence-corrected chi connectivity index (χ1v) is 8.47. The van der Waals surface area contributed by atoms with Gasteiger partial charge in [0.25, 0.3) is 5.91 Å². The SMILES string of the molecule is O=C(Nc1ccc(-c2cnco2)cc1)c1cccnc1Nc1cccc(F)c1. The average Bonchev–Trinajstić information content (AvgIpc) is 3.24. The highest BCUT2D eigenvalue weighted by Gasteiger charge is 2.13. The molecule has 0 saturated carbocycles. The number of halogens is 1. The number of nitrogens with zero attached hydrogens (tertiary/aromatic N) is 2. The van der Waals surface area contributed by atoms with Crippen molar-refractivity contribution in [3.05, 3.63) is 90.8 Å². The number of hydrogen-bond acceptors (Lipinski definition) is 5. The minimum Gasteiger partial charge on any atom is -0.444 e. The smallest absolute Gasteiger partial charge is 0.259 e. The van der Waals surface area contributed by atoms with Gasteiger partial charge >= 0.3 is 0 Å². The minimum atomic E-state index is -0.376. The average molecular weight is 374 g/mol. The Kier molecular flexibility index (Phi) is 4.79. The largest absolute Gasteiger partial charge is 0.444 e. The molecule has 2 N–H and O–H groups in total. The third-order valence-electron chi connectivity index (χ3n) is 4.00. The van der Waals surface area contributed by atoms with Crippen molar-refractivity contribution in [2.24, 2.45) is 0 Å². The second-order valence-corrected chi connectivity index (χ2v) is 5.93. The van der Waals surface area contributed by atoms with Gasteiger partial charge in [0.2, 0.25) is 0 Å². The lowest BCUT2D eigenvalue weighted by molar-refractivity contribution is 0.102. The maximum Gasteiger partial charge on any atom is 0.259 e. The Labute approximate surface area is 160 Å². The van der Waals surface area contributed by atoms with Crippen molar-refractivity contribution in [2.45, 2.75) is 0 Å². The number of nitrogens with one attached hydrogen (secondary N) is 2. The molecule has 4 aromatic rings. The van der Waals surface area contributed by atoms with E-state index in [4.69, 9.17) is 4.42 Å². The third-order valence-corrected chi connectivity index (χ3v) is 4.00. The van der Waals surface area contributed by atoms with Crippen LogP contribution in [0.15, 0.2) is 83.9 Å². The number of anilines is 3. The van der Waals surface area contributed by atoms with Gasteiger partial charge in [0, 0.05) is 23.1 Å². The first-order valence-electron chi connectivity index (χ1n) is 8.47. The monoisotopic (exact) mass is 374 g/mol. The number of aromatic nitrogens is 2. The zero-order valence-corrected chi connectivity index (χ0v) is 14.6. The molecular formula is C21H15FN4O2. The molecule has 2 aromatic carbocycles. The van der Waals surface area contributed by atoms with Crippen molar-refractivity contribution < 1.29 is 13.6 Å². The summed E-state index contributed by atoms with van der Waals surface area (Å²) in [6.07, 6.45) is 4.54. The molecule has 2 heterocycles. The van der Waals surface area contributed by atoms with Crippen molar-refractivity contribution >= 4 is 23.1 Å². The van der Waals surface area contributed by atoms with E-state index in [9.17, 15) is 9.18 Å². The fourth-order valence-corrected chi connectivity index (χ4v) is 2.67. The molecule has 138 valence electrons. The van der Waals surface area contributed by atoms with Crippen LogP contribution in [0.4, 0.5) is 21.6 Å². The van der Waals surface area contributed by atoms with Gasteiger partial charge in [-0.1, -0.05) is 6.07 Å². The van der Waals surface area contributed by atoms with Crippen molar-refractivity contribution in [1.29, 1.82) is 0 Å². The molecule has 4 rings (SSSR count). The molecule has 0 aliphatic heterocycles. The molecule has 0 saturated heterocycles. The molecule has 28 heavy (non-hydrogen) atoms. The van der Waals surface area contributed by atoms with Gasteiger partial charge in [-0.15, -0.1) is 0 Å². The molecule has 1 amide bonds. The number of oxazole rings is 1. The molecule has 0 unspecified atom stereocenters. The second kappa shape index (κ2) is 7.71. The number of carbonyl (C=O) groups excluding carboxylic acids is 1. The van der Waals surface area contributed by atoms with Crippen molar-refractivity contribution in [3.63, 3.8) is 0 Å². The quantitative estimate of drug-likeness (QED) is 0.521. The van der Waals surface area contributed by atoms with E-state index >= 15 is 0 Å². The highest BCUT2D eigenvalue weighted by molar-refractivity contribution is 6.07. The van der Waals surface area contributed by atoms with E-state index in [0.717, 1.165) is 5.56 Å². The molecule has 0 atom stereocenters. The Bertz CT molecular complexity index is 1100. The fourth-order valence-electron chi connectivity index (χ4n) is 2.67. The molecule has 0 radical (unpaired) electrons. The number of carbonyl (C=O) groups is 1. The fraction of sp³-hybridized carbons (Fsp3) is 0. The van der Waals surface area contributed by atoms with Gasteiger partial charge in [0.05, 0.1) is 11.8 Å². The van der Waals surface area contributed by atoms with Crippen LogP contribution < -0.4 is 10.6 Å². The van der Waals surface area contributed by atoms with E-state index in [2.05, 4.69) is 20.6 Å². The maximum absolute atomic E-state index is 13.4. The molecular weight excluding hydrogens is 359 g/mol. The van der Waals surface area contributed by atoms with Crippen LogP contribution >= 0.6 is 0 Å². The summed E-state index contributed by atoms with van der Waals surface area (Å²) in [5.41, 5.74) is 2.31. The lowest BCUT2D eigenvalue weighted by atomic mass is 10.1. The summed E-state index contributed by atoms with van der Waals surface area (Å²) in [7, 11) is 0. The van der Waals surface area contributed by atoms with Gasteiger partial charge in [0.1, 0.15) is 11.6 Å². The summed E-state index contributed by atoms with van der Waals surface area (Å²) in [4.78, 5) is 20.8. The van der Waals surface area contributed by atoms with Crippen molar-refractivity contribution in [3.8, 4) is 11.3 Å². The number of amides is 1. The summed E-state index contributed by atoms with van der Waals surface area (Å²) in [5.74, 6) is 0.272. The summed E-state index contributed by atoms with van der Waals surface area (Å²) < 4.78 is 18.6. The van der Waals surface area contributed by atoms with Gasteiger partial charge in [-0.25, -0.2) is 14.4 Å². The standard InChI is InChI=1S/C21H15FN4O2/c22-15-3-1-4-17(11-15)25-20-18(5-2-10-24-20)21(27)26-16-8-6-14(7-9-16)19-12-23-13-28-19/h1-13H,(H,24,25)(H,26,27). The lowest BCUT2D eigenvalue weighted by Crippen LogP contribution is -2.14. The highest BCUT2D eigenvalue weighted by atomic mass is 19.1. The Balaban J connectivity index is 1.52. The van der Waals surface area contributed by atoms with E-state index in [1.807, 2.05) is 12.1 Å². The first kappa shape index (κ1) is 17.4. The van der Waals surface area contributed by atoms with E-state index in [0.29, 0.717) is 28.5 Å². The van der Waals surface area contributed by atoms with Crippen LogP contribution in [0.5, 0.6) is 0 Å². The molecule has 0 bridgehead atoms. The van der Waals surface area contributed by atoms with Crippen LogP contribution in [0, 0.1) is 5.82 Å². The van der Waals surface area contributed by atoms with E-state index in [1.165, 1.54) is 18.5 Å². The van der Waals surface area contributed by atoms with Gasteiger partial charge < -0.3 is 15.1 Å². The topological polar surface area (TPSA) is 80.1 Å². The Morgan fingerprint density at radius 2 is 1.86 bits per heavy atom. The van der Waals surface area contributed by atoms with Gasteiger partial charge in [-0.3, -0.25) is 4.79 Å². The van der Waals surface area contributed by atoms with E-state index in [1.54, 1.807) is 48.8 Å². The molecule has 7 heteroatoms. The number of rotatable bonds is 5. The normalized spacial score (nSPS) is 10.5. The van der Waals surface area contributed by atoms with Crippen LogP contribution in [-0.2, 0) is 0 Å². The first-order chi connectivity index (χ1) is 13.7. The van der Waals surface area contributed by atoms with Gasteiger partial charge in [-0.2, -0.15) is 0 Å². The highest BCUT2D eigenvalue weighted by Crippen LogP contribution is 2.23. The Morgan fingerprint density at radius 1 is 1.00 bits per heavy atom. The van der Waals surface area contributed by atoms with Crippen LogP contribution in [0.25, 0.3) is 11.3 Å². The second-order valence-electron chi connectivity index (χ2n) is 5.93. The van der Waals surface area contributed by atoms with Gasteiger partial charge in [-0.05, 0) is 54.6 Å². The van der Waals surface area contributed by atoms with Crippen LogP contribution in [0.3, 0.4) is 0 Å². The van der Waals surface area contributed by atoms with Crippen molar-refractivity contribution in [1.82, 2.24) is 9.97 Å². The number of benzene rings is 2. The molecule has 6 nitrogen and oxygen atoms in total. The molecule has 0 aliphatic rings. The Morgan fingerprint density at radius 3 is 2.61 bits per heavy atom. The summed E-state index contributed by atoms with van der Waals surface area (Å²) >= 11 is 0. The minimum absolute atomic E-state index is 0.334. The molecule has 0 spiro atoms. The van der Waals surface area contributed by atoms with Crippen LogP contribution in [-0.4, -0.2) is 15.9 Å². The molecule has 0 fully saturated rings. The van der Waals surface area contributed by atoms with E-state index in [-0.39, 0.29) is 11.7 Å². The van der Waals surface area contributed by atoms with Crippen LogP contribution in [0.2, 0.25) is 0 Å². The van der Waals surface area contributed by atoms with Crippen LogP contribution in [0.1, 0.15) is 10.4 Å². The third kappa shape index (κ3) is 3.88. The summed E-state index contributed by atoms with van der Waals surface area (Å²) in [6.45, 7) is 0. The number of pyridine rings is 1. The van der Waals surface area contributed by atoms with E-state index < -0.39 is 0 Å². The molecule has 0 aliphatic carbocycles. The zero-order valence-electron chi connectivity index (χ0n) is 14.6. The van der Waals surface area contributed by atoms with Crippen molar-refractivity contribution in [2.75, 3.05) is 10.6 Å².